The van der Waals surface area contributed by atoms with E-state index >= 15 is 0 Å². The lowest BCUT2D eigenvalue weighted by Gasteiger charge is -2.26. The number of benzene rings is 1. The summed E-state index contributed by atoms with van der Waals surface area (Å²) in [6.45, 7) is 6.09. The van der Waals surface area contributed by atoms with E-state index < -0.39 is 0 Å². The van der Waals surface area contributed by atoms with Crippen LogP contribution in [-0.4, -0.2) is 21.7 Å². The molecule has 2 aromatic rings. The van der Waals surface area contributed by atoms with Crippen molar-refractivity contribution in [2.24, 2.45) is 11.1 Å². The van der Waals surface area contributed by atoms with Crippen LogP contribution in [0, 0.1) is 5.41 Å². The number of nitrogens with two attached hydrogens (primary N) is 1. The molecular formula is C16H22N4O. The van der Waals surface area contributed by atoms with Gasteiger partial charge in [0.05, 0.1) is 11.4 Å². The Morgan fingerprint density at radius 2 is 2.05 bits per heavy atom. The first-order chi connectivity index (χ1) is 9.88. The highest BCUT2D eigenvalue weighted by Gasteiger charge is 2.23. The first-order valence-corrected chi connectivity index (χ1v) is 7.02. The molecule has 1 aromatic carbocycles. The van der Waals surface area contributed by atoms with Gasteiger partial charge < -0.3 is 11.1 Å². The van der Waals surface area contributed by atoms with E-state index in [1.54, 1.807) is 10.9 Å². The van der Waals surface area contributed by atoms with Crippen molar-refractivity contribution in [3.05, 3.63) is 42.7 Å². The van der Waals surface area contributed by atoms with E-state index in [-0.39, 0.29) is 23.8 Å². The molecule has 1 amide bonds. The summed E-state index contributed by atoms with van der Waals surface area (Å²) in [7, 11) is 0. The predicted molar refractivity (Wildman–Crippen MR) is 84.2 cm³/mol. The van der Waals surface area contributed by atoms with Crippen LogP contribution in [0.2, 0.25) is 0 Å². The smallest absolute Gasteiger partial charge is 0.226 e. The SMILES string of the molecule is CC(C)(C)C(N)CC(=O)Nc1ccccc1-n1cccn1. The van der Waals surface area contributed by atoms with Crippen LogP contribution >= 0.6 is 0 Å². The summed E-state index contributed by atoms with van der Waals surface area (Å²) in [6, 6.07) is 9.21. The van der Waals surface area contributed by atoms with Crippen LogP contribution in [0.25, 0.3) is 5.69 Å². The highest BCUT2D eigenvalue weighted by Crippen LogP contribution is 2.22. The molecule has 21 heavy (non-hydrogen) atoms. The molecular weight excluding hydrogens is 264 g/mol. The molecule has 0 aliphatic carbocycles. The van der Waals surface area contributed by atoms with Crippen LogP contribution in [0.4, 0.5) is 5.69 Å². The molecule has 2 rings (SSSR count). The normalized spacial score (nSPS) is 13.0. The molecule has 0 spiro atoms. The van der Waals surface area contributed by atoms with Gasteiger partial charge in [-0.2, -0.15) is 5.10 Å². The second-order valence-electron chi connectivity index (χ2n) is 6.19. The maximum atomic E-state index is 12.2. The summed E-state index contributed by atoms with van der Waals surface area (Å²) >= 11 is 0. The van der Waals surface area contributed by atoms with Gasteiger partial charge in [-0.25, -0.2) is 4.68 Å². The molecule has 112 valence electrons. The molecule has 1 atom stereocenters. The molecule has 0 saturated heterocycles. The third-order valence-corrected chi connectivity index (χ3v) is 3.45. The van der Waals surface area contributed by atoms with Crippen molar-refractivity contribution in [2.45, 2.75) is 33.2 Å². The number of rotatable bonds is 4. The molecule has 3 N–H and O–H groups in total. The molecule has 1 heterocycles. The van der Waals surface area contributed by atoms with Crippen molar-refractivity contribution in [3.8, 4) is 5.69 Å². The zero-order valence-corrected chi connectivity index (χ0v) is 12.7. The topological polar surface area (TPSA) is 72.9 Å². The number of nitrogens with zero attached hydrogens (tertiary/aromatic N) is 2. The van der Waals surface area contributed by atoms with E-state index in [0.29, 0.717) is 0 Å². The lowest BCUT2D eigenvalue weighted by molar-refractivity contribution is -0.117. The Kier molecular flexibility index (Phi) is 4.43. The summed E-state index contributed by atoms with van der Waals surface area (Å²) in [6.07, 6.45) is 3.83. The molecule has 0 aliphatic rings. The molecule has 0 aliphatic heterocycles. The lowest BCUT2D eigenvalue weighted by atomic mass is 9.85. The fourth-order valence-electron chi connectivity index (χ4n) is 1.90. The minimum atomic E-state index is -0.186. The van der Waals surface area contributed by atoms with Crippen molar-refractivity contribution in [3.63, 3.8) is 0 Å². The van der Waals surface area contributed by atoms with E-state index in [0.717, 1.165) is 11.4 Å². The minimum absolute atomic E-state index is 0.0861. The van der Waals surface area contributed by atoms with Gasteiger partial charge in [0, 0.05) is 24.9 Å². The van der Waals surface area contributed by atoms with Gasteiger partial charge in [-0.1, -0.05) is 32.9 Å². The van der Waals surface area contributed by atoms with Crippen molar-refractivity contribution >= 4 is 11.6 Å². The van der Waals surface area contributed by atoms with Gasteiger partial charge in [0.1, 0.15) is 0 Å². The Balaban J connectivity index is 2.12. The van der Waals surface area contributed by atoms with Crippen LogP contribution < -0.4 is 11.1 Å². The van der Waals surface area contributed by atoms with Crippen LogP contribution in [0.3, 0.4) is 0 Å². The first-order valence-electron chi connectivity index (χ1n) is 7.02. The molecule has 0 fully saturated rings. The molecule has 1 unspecified atom stereocenters. The van der Waals surface area contributed by atoms with Gasteiger partial charge in [-0.15, -0.1) is 0 Å². The largest absolute Gasteiger partial charge is 0.327 e. The number of para-hydroxylation sites is 2. The van der Waals surface area contributed by atoms with Crippen LogP contribution in [0.1, 0.15) is 27.2 Å². The Morgan fingerprint density at radius 3 is 2.67 bits per heavy atom. The van der Waals surface area contributed by atoms with E-state index in [1.165, 1.54) is 0 Å². The first kappa shape index (κ1) is 15.3. The third-order valence-electron chi connectivity index (χ3n) is 3.45. The summed E-state index contributed by atoms with van der Waals surface area (Å²) in [5.41, 5.74) is 7.52. The Hall–Kier alpha value is -2.14. The number of carbonyl (C=O) groups excluding carboxylic acids is 1. The summed E-state index contributed by atoms with van der Waals surface area (Å²) in [5.74, 6) is -0.0861. The Labute approximate surface area is 125 Å². The second kappa shape index (κ2) is 6.10. The summed E-state index contributed by atoms with van der Waals surface area (Å²) < 4.78 is 1.72. The number of amides is 1. The van der Waals surface area contributed by atoms with Gasteiger partial charge in [0.25, 0.3) is 0 Å². The van der Waals surface area contributed by atoms with Crippen LogP contribution in [-0.2, 0) is 4.79 Å². The molecule has 0 radical (unpaired) electrons. The molecule has 5 nitrogen and oxygen atoms in total. The van der Waals surface area contributed by atoms with Gasteiger partial charge in [0.2, 0.25) is 5.91 Å². The van der Waals surface area contributed by atoms with Gasteiger partial charge in [0.15, 0.2) is 0 Å². The van der Waals surface area contributed by atoms with Gasteiger partial charge in [-0.05, 0) is 23.6 Å². The van der Waals surface area contributed by atoms with Crippen molar-refractivity contribution in [2.75, 3.05) is 5.32 Å². The maximum absolute atomic E-state index is 12.2. The Morgan fingerprint density at radius 1 is 1.33 bits per heavy atom. The van der Waals surface area contributed by atoms with Gasteiger partial charge >= 0.3 is 0 Å². The lowest BCUT2D eigenvalue weighted by Crippen LogP contribution is -2.38. The van der Waals surface area contributed by atoms with Gasteiger partial charge in [-0.3, -0.25) is 4.79 Å². The zero-order chi connectivity index (χ0) is 15.5. The monoisotopic (exact) mass is 286 g/mol. The maximum Gasteiger partial charge on any atom is 0.226 e. The number of aromatic nitrogens is 2. The highest BCUT2D eigenvalue weighted by atomic mass is 16.1. The number of hydrogen-bond donors (Lipinski definition) is 2. The molecule has 1 aromatic heterocycles. The van der Waals surface area contributed by atoms with E-state index in [2.05, 4.69) is 10.4 Å². The van der Waals surface area contributed by atoms with Crippen LogP contribution in [0.15, 0.2) is 42.7 Å². The third kappa shape index (κ3) is 3.92. The van der Waals surface area contributed by atoms with Crippen molar-refractivity contribution in [1.82, 2.24) is 9.78 Å². The zero-order valence-electron chi connectivity index (χ0n) is 12.7. The summed E-state index contributed by atoms with van der Waals surface area (Å²) in [5, 5.41) is 7.12. The molecule has 5 heteroatoms. The summed E-state index contributed by atoms with van der Waals surface area (Å²) in [4.78, 5) is 12.2. The van der Waals surface area contributed by atoms with E-state index in [1.807, 2.05) is 57.3 Å². The molecule has 0 saturated carbocycles. The average molecular weight is 286 g/mol. The fraction of sp³-hybridized carbons (Fsp3) is 0.375. The molecule has 0 bridgehead atoms. The Bertz CT molecular complexity index is 599. The van der Waals surface area contributed by atoms with E-state index in [9.17, 15) is 4.79 Å². The number of nitrogens with one attached hydrogen (secondary N) is 1. The minimum Gasteiger partial charge on any atom is -0.327 e. The fourth-order valence-corrected chi connectivity index (χ4v) is 1.90. The highest BCUT2D eigenvalue weighted by molar-refractivity contribution is 5.93. The quantitative estimate of drug-likeness (QED) is 0.907. The average Bonchev–Trinajstić information content (AvgIpc) is 2.91. The standard InChI is InChI=1S/C16H22N4O/c1-16(2,3)14(17)11-15(21)19-12-7-4-5-8-13(12)20-10-6-9-18-20/h4-10,14H,11,17H2,1-3H3,(H,19,21). The number of hydrogen-bond acceptors (Lipinski definition) is 3. The van der Waals surface area contributed by atoms with Crippen LogP contribution in [0.5, 0.6) is 0 Å². The van der Waals surface area contributed by atoms with Crippen molar-refractivity contribution < 1.29 is 4.79 Å². The predicted octanol–water partition coefficient (Wildman–Crippen LogP) is 2.57. The second-order valence-corrected chi connectivity index (χ2v) is 6.19. The van der Waals surface area contributed by atoms with Crippen molar-refractivity contribution in [1.29, 1.82) is 0 Å². The van der Waals surface area contributed by atoms with E-state index in [4.69, 9.17) is 5.73 Å². The number of carbonyl (C=O) groups is 1. The number of anilines is 1.